The highest BCUT2D eigenvalue weighted by Gasteiger charge is 2.30. The molecule has 2 N–H and O–H groups in total. The highest BCUT2D eigenvalue weighted by molar-refractivity contribution is 6.04. The summed E-state index contributed by atoms with van der Waals surface area (Å²) >= 11 is 0. The van der Waals surface area contributed by atoms with Gasteiger partial charge in [0.25, 0.3) is 5.91 Å². The lowest BCUT2D eigenvalue weighted by Gasteiger charge is -2.04. The molecule has 23 heavy (non-hydrogen) atoms. The predicted octanol–water partition coefficient (Wildman–Crippen LogP) is 2.48. The van der Waals surface area contributed by atoms with Crippen LogP contribution in [0.15, 0.2) is 34.9 Å². The van der Waals surface area contributed by atoms with Gasteiger partial charge < -0.3 is 9.73 Å². The summed E-state index contributed by atoms with van der Waals surface area (Å²) in [5, 5.41) is 5.15. The Balaban J connectivity index is 1.66. The summed E-state index contributed by atoms with van der Waals surface area (Å²) in [6, 6.07) is 6.59. The molecule has 0 radical (unpaired) electrons. The van der Waals surface area contributed by atoms with Gasteiger partial charge in [0.15, 0.2) is 11.5 Å². The Morgan fingerprint density at radius 2 is 2.00 bits per heavy atom. The molecule has 1 aromatic carbocycles. The normalized spacial score (nSPS) is 13.4. The quantitative estimate of drug-likeness (QED) is 0.826. The third-order valence-electron chi connectivity index (χ3n) is 3.44. The molecule has 118 valence electrons. The molecule has 1 aromatic heterocycles. The number of oxazole rings is 1. The number of ketones is 1. The number of nitrogens with one attached hydrogen (secondary N) is 2. The van der Waals surface area contributed by atoms with E-state index in [0.29, 0.717) is 11.3 Å². The maximum atomic E-state index is 12.1. The predicted molar refractivity (Wildman–Crippen MR) is 82.3 cm³/mol. The number of aromatic nitrogens is 1. The Labute approximate surface area is 132 Å². The maximum Gasteiger partial charge on any atom is 0.302 e. The number of nitrogens with zero attached hydrogens (tertiary/aromatic N) is 1. The first-order valence-corrected chi connectivity index (χ1v) is 7.21. The summed E-state index contributed by atoms with van der Waals surface area (Å²) in [6.45, 7) is 1.45. The molecule has 0 unspecified atom stereocenters. The molecule has 1 heterocycles. The third-order valence-corrected chi connectivity index (χ3v) is 3.44. The minimum Gasteiger partial charge on any atom is -0.431 e. The Bertz CT molecular complexity index is 777. The van der Waals surface area contributed by atoms with Gasteiger partial charge in [-0.25, -0.2) is 0 Å². The first-order valence-electron chi connectivity index (χ1n) is 7.21. The van der Waals surface area contributed by atoms with Gasteiger partial charge in [0.1, 0.15) is 6.26 Å². The Morgan fingerprint density at radius 1 is 1.22 bits per heavy atom. The Morgan fingerprint density at radius 3 is 2.70 bits per heavy atom. The van der Waals surface area contributed by atoms with Crippen molar-refractivity contribution in [3.63, 3.8) is 0 Å². The molecule has 7 heteroatoms. The number of hydrogen-bond donors (Lipinski definition) is 2. The molecule has 3 rings (SSSR count). The number of benzene rings is 1. The van der Waals surface area contributed by atoms with Crippen LogP contribution in [0.25, 0.3) is 0 Å². The molecular weight excluding hydrogens is 298 g/mol. The molecule has 1 fully saturated rings. The fraction of sp³-hybridized carbons (Fsp3) is 0.250. The highest BCUT2D eigenvalue weighted by atomic mass is 16.4. The van der Waals surface area contributed by atoms with Crippen molar-refractivity contribution < 1.29 is 18.8 Å². The van der Waals surface area contributed by atoms with E-state index >= 15 is 0 Å². The van der Waals surface area contributed by atoms with E-state index in [9.17, 15) is 14.4 Å². The molecule has 7 nitrogen and oxygen atoms in total. The van der Waals surface area contributed by atoms with Crippen molar-refractivity contribution in [2.24, 2.45) is 5.92 Å². The molecule has 1 aliphatic rings. The van der Waals surface area contributed by atoms with Gasteiger partial charge in [0.05, 0.1) is 0 Å². The molecule has 0 spiro atoms. The lowest BCUT2D eigenvalue weighted by molar-refractivity contribution is -0.117. The number of amides is 2. The van der Waals surface area contributed by atoms with Gasteiger partial charge in [-0.2, -0.15) is 4.98 Å². The van der Waals surface area contributed by atoms with E-state index in [-0.39, 0.29) is 29.3 Å². The van der Waals surface area contributed by atoms with Crippen molar-refractivity contribution in [2.75, 3.05) is 10.6 Å². The van der Waals surface area contributed by atoms with Crippen LogP contribution in [-0.2, 0) is 4.79 Å². The van der Waals surface area contributed by atoms with Gasteiger partial charge >= 0.3 is 6.01 Å². The smallest absolute Gasteiger partial charge is 0.302 e. The second-order valence-electron chi connectivity index (χ2n) is 5.39. The Kier molecular flexibility index (Phi) is 3.92. The minimum absolute atomic E-state index is 0.00420. The zero-order valence-electron chi connectivity index (χ0n) is 12.5. The number of Topliss-reactive ketones (excluding diaryl/α,β-unsaturated/α-hetero) is 1. The molecule has 1 aliphatic carbocycles. The second kappa shape index (κ2) is 6.04. The fourth-order valence-corrected chi connectivity index (χ4v) is 2.00. The monoisotopic (exact) mass is 313 g/mol. The van der Waals surface area contributed by atoms with Crippen LogP contribution in [0.1, 0.15) is 40.6 Å². The van der Waals surface area contributed by atoms with Gasteiger partial charge in [0, 0.05) is 17.2 Å². The summed E-state index contributed by atoms with van der Waals surface area (Å²) in [5.74, 6) is -0.699. The fourth-order valence-electron chi connectivity index (χ4n) is 2.00. The largest absolute Gasteiger partial charge is 0.431 e. The first-order chi connectivity index (χ1) is 11.0. The molecule has 2 amide bonds. The van der Waals surface area contributed by atoms with E-state index in [1.165, 1.54) is 13.2 Å². The van der Waals surface area contributed by atoms with Crippen molar-refractivity contribution in [2.45, 2.75) is 19.8 Å². The van der Waals surface area contributed by atoms with E-state index < -0.39 is 5.91 Å². The van der Waals surface area contributed by atoms with Gasteiger partial charge in [-0.05, 0) is 31.9 Å². The molecule has 0 aliphatic heterocycles. The maximum absolute atomic E-state index is 12.1. The van der Waals surface area contributed by atoms with Crippen LogP contribution in [0.2, 0.25) is 0 Å². The zero-order valence-corrected chi connectivity index (χ0v) is 12.5. The van der Waals surface area contributed by atoms with Crippen LogP contribution < -0.4 is 10.6 Å². The van der Waals surface area contributed by atoms with Crippen LogP contribution in [0, 0.1) is 5.92 Å². The highest BCUT2D eigenvalue weighted by Crippen LogP contribution is 2.30. The van der Waals surface area contributed by atoms with Crippen molar-refractivity contribution in [1.82, 2.24) is 4.98 Å². The summed E-state index contributed by atoms with van der Waals surface area (Å²) in [6.07, 6.45) is 2.91. The van der Waals surface area contributed by atoms with Crippen LogP contribution in [0.5, 0.6) is 0 Å². The van der Waals surface area contributed by atoms with E-state index in [2.05, 4.69) is 15.6 Å². The number of carbonyl (C=O) groups is 3. The van der Waals surface area contributed by atoms with E-state index in [1.54, 1.807) is 24.3 Å². The number of hydrogen-bond acceptors (Lipinski definition) is 5. The van der Waals surface area contributed by atoms with Crippen LogP contribution in [-0.4, -0.2) is 22.6 Å². The third kappa shape index (κ3) is 3.63. The molecule has 2 aromatic rings. The summed E-state index contributed by atoms with van der Waals surface area (Å²) in [5.41, 5.74) is 1.03. The zero-order chi connectivity index (χ0) is 16.4. The van der Waals surface area contributed by atoms with E-state index in [4.69, 9.17) is 4.42 Å². The van der Waals surface area contributed by atoms with Crippen LogP contribution >= 0.6 is 0 Å². The van der Waals surface area contributed by atoms with Crippen molar-refractivity contribution in [3.8, 4) is 0 Å². The standard InChI is InChI=1S/C16H15N3O4/c1-9(20)11-3-2-4-12(7-11)17-15(22)13-8-23-16(18-13)19-14(21)10-5-6-10/h2-4,7-8,10H,5-6H2,1H3,(H,17,22)(H,18,19,21). The SMILES string of the molecule is CC(=O)c1cccc(NC(=O)c2coc(NC(=O)C3CC3)n2)c1. The van der Waals surface area contributed by atoms with E-state index in [0.717, 1.165) is 12.8 Å². The van der Waals surface area contributed by atoms with Crippen molar-refractivity contribution in [3.05, 3.63) is 41.8 Å². The van der Waals surface area contributed by atoms with Crippen molar-refractivity contribution in [1.29, 1.82) is 0 Å². The van der Waals surface area contributed by atoms with Crippen LogP contribution in [0.3, 0.4) is 0 Å². The number of rotatable bonds is 5. The topological polar surface area (TPSA) is 101 Å². The number of anilines is 2. The van der Waals surface area contributed by atoms with Gasteiger partial charge in [-0.1, -0.05) is 12.1 Å². The second-order valence-corrected chi connectivity index (χ2v) is 5.39. The van der Waals surface area contributed by atoms with Crippen molar-refractivity contribution >= 4 is 29.3 Å². The average Bonchev–Trinajstić information content (AvgIpc) is 3.27. The average molecular weight is 313 g/mol. The molecule has 0 saturated heterocycles. The molecular formula is C16H15N3O4. The molecule has 1 saturated carbocycles. The lowest BCUT2D eigenvalue weighted by Crippen LogP contribution is -2.15. The lowest BCUT2D eigenvalue weighted by atomic mass is 10.1. The van der Waals surface area contributed by atoms with E-state index in [1.807, 2.05) is 0 Å². The van der Waals surface area contributed by atoms with Crippen LogP contribution in [0.4, 0.5) is 11.7 Å². The van der Waals surface area contributed by atoms with Gasteiger partial charge in [-0.15, -0.1) is 0 Å². The summed E-state index contributed by atoms with van der Waals surface area (Å²) < 4.78 is 5.08. The molecule has 0 atom stereocenters. The molecule has 0 bridgehead atoms. The minimum atomic E-state index is -0.485. The summed E-state index contributed by atoms with van der Waals surface area (Å²) in [7, 11) is 0. The number of carbonyl (C=O) groups excluding carboxylic acids is 3. The first kappa shape index (κ1) is 15.0. The van der Waals surface area contributed by atoms with Gasteiger partial charge in [-0.3, -0.25) is 19.7 Å². The van der Waals surface area contributed by atoms with Gasteiger partial charge in [0.2, 0.25) is 5.91 Å². The summed E-state index contributed by atoms with van der Waals surface area (Å²) in [4.78, 5) is 39.0. The Hall–Kier alpha value is -2.96.